The molecule has 0 aliphatic carbocycles. The lowest BCUT2D eigenvalue weighted by Crippen LogP contribution is -2.45. The molecule has 2 aliphatic rings. The van der Waals surface area contributed by atoms with Gasteiger partial charge in [0, 0.05) is 42.9 Å². The maximum absolute atomic E-state index is 12.8. The number of nitrogens with one attached hydrogen (secondary N) is 2. The average molecular weight is 388 g/mol. The smallest absolute Gasteiger partial charge is 0.240 e. The van der Waals surface area contributed by atoms with Gasteiger partial charge in [0.05, 0.1) is 17.8 Å². The van der Waals surface area contributed by atoms with Crippen molar-refractivity contribution < 1.29 is 9.90 Å². The van der Waals surface area contributed by atoms with E-state index in [1.165, 1.54) is 11.1 Å². The van der Waals surface area contributed by atoms with Crippen LogP contribution in [0.15, 0.2) is 54.6 Å². The van der Waals surface area contributed by atoms with Crippen LogP contribution in [0.1, 0.15) is 17.7 Å². The van der Waals surface area contributed by atoms with Gasteiger partial charge in [-0.3, -0.25) is 9.89 Å². The second-order valence-corrected chi connectivity index (χ2v) is 7.83. The van der Waals surface area contributed by atoms with Crippen LogP contribution in [0.3, 0.4) is 0 Å². The van der Waals surface area contributed by atoms with E-state index in [4.69, 9.17) is 0 Å². The summed E-state index contributed by atoms with van der Waals surface area (Å²) in [6.07, 6.45) is 0.823. The molecule has 0 saturated carbocycles. The number of β-amino-alcohol motifs (C(OH)–C–C–N with tert-alkyl or cyclic N) is 1. The van der Waals surface area contributed by atoms with Gasteiger partial charge in [-0.05, 0) is 17.5 Å². The van der Waals surface area contributed by atoms with Gasteiger partial charge in [-0.2, -0.15) is 5.10 Å². The van der Waals surface area contributed by atoms with Crippen LogP contribution in [0.2, 0.25) is 0 Å². The number of carbonyl (C=O) groups is 1. The fourth-order valence-corrected chi connectivity index (χ4v) is 4.30. The Hall–Kier alpha value is -2.96. The Morgan fingerprint density at radius 3 is 2.48 bits per heavy atom. The van der Waals surface area contributed by atoms with E-state index in [1.807, 2.05) is 23.1 Å². The highest BCUT2D eigenvalue weighted by atomic mass is 16.3. The predicted octanol–water partition coefficient (Wildman–Crippen LogP) is 2.35. The highest BCUT2D eigenvalue weighted by molar-refractivity contribution is 5.83. The van der Waals surface area contributed by atoms with E-state index in [2.05, 4.69) is 51.9 Å². The second kappa shape index (κ2) is 7.46. The fourth-order valence-electron chi connectivity index (χ4n) is 4.30. The molecule has 2 atom stereocenters. The Morgan fingerprint density at radius 1 is 1.03 bits per heavy atom. The third-order valence-corrected chi connectivity index (χ3v) is 5.92. The van der Waals surface area contributed by atoms with Crippen molar-refractivity contribution in [2.45, 2.75) is 31.5 Å². The molecule has 1 aromatic heterocycles. The molecular weight excluding hydrogens is 364 g/mol. The quantitative estimate of drug-likeness (QED) is 0.643. The van der Waals surface area contributed by atoms with E-state index in [1.54, 1.807) is 0 Å². The summed E-state index contributed by atoms with van der Waals surface area (Å²) < 4.78 is 0. The van der Waals surface area contributed by atoms with Crippen molar-refractivity contribution >= 4 is 5.91 Å². The maximum Gasteiger partial charge on any atom is 0.240 e. The number of amides is 1. The van der Waals surface area contributed by atoms with Crippen LogP contribution < -0.4 is 5.32 Å². The first-order chi connectivity index (χ1) is 14.2. The Balaban J connectivity index is 1.37. The first-order valence-electron chi connectivity index (χ1n) is 10.1. The molecule has 6 heteroatoms. The summed E-state index contributed by atoms with van der Waals surface area (Å²) in [5.41, 5.74) is 6.51. The number of nitrogens with zero attached hydrogens (tertiary/aromatic N) is 2. The fraction of sp³-hybridized carbons (Fsp3) is 0.304. The van der Waals surface area contributed by atoms with Crippen molar-refractivity contribution in [3.8, 4) is 22.4 Å². The van der Waals surface area contributed by atoms with E-state index < -0.39 is 6.10 Å². The number of H-pyrrole nitrogens is 1. The Kier molecular flexibility index (Phi) is 4.66. The van der Waals surface area contributed by atoms with Crippen molar-refractivity contribution in [2.75, 3.05) is 13.1 Å². The number of benzene rings is 2. The number of aromatic amines is 1. The van der Waals surface area contributed by atoms with Gasteiger partial charge in [0.25, 0.3) is 0 Å². The molecule has 1 fully saturated rings. The summed E-state index contributed by atoms with van der Waals surface area (Å²) >= 11 is 0. The van der Waals surface area contributed by atoms with Crippen LogP contribution in [0.4, 0.5) is 0 Å². The first-order valence-corrected chi connectivity index (χ1v) is 10.1. The van der Waals surface area contributed by atoms with E-state index in [-0.39, 0.29) is 11.9 Å². The van der Waals surface area contributed by atoms with E-state index >= 15 is 0 Å². The summed E-state index contributed by atoms with van der Waals surface area (Å²) in [5.74, 6) is 0.0683. The van der Waals surface area contributed by atoms with Crippen LogP contribution in [0.25, 0.3) is 22.4 Å². The van der Waals surface area contributed by atoms with Crippen LogP contribution >= 0.6 is 0 Å². The maximum atomic E-state index is 12.8. The summed E-state index contributed by atoms with van der Waals surface area (Å²) in [4.78, 5) is 14.7. The zero-order chi connectivity index (χ0) is 19.8. The summed E-state index contributed by atoms with van der Waals surface area (Å²) in [5, 5.41) is 20.6. The van der Waals surface area contributed by atoms with E-state index in [0.29, 0.717) is 26.1 Å². The summed E-state index contributed by atoms with van der Waals surface area (Å²) in [7, 11) is 0. The summed E-state index contributed by atoms with van der Waals surface area (Å²) in [6, 6.07) is 18.4. The minimum absolute atomic E-state index is 0.0683. The number of fused-ring (bicyclic) bond motifs is 1. The largest absolute Gasteiger partial charge is 0.392 e. The van der Waals surface area contributed by atoms with Crippen LogP contribution in [-0.4, -0.2) is 51.3 Å². The van der Waals surface area contributed by atoms with Crippen molar-refractivity contribution in [1.29, 1.82) is 0 Å². The number of hydrogen-bond acceptors (Lipinski definition) is 4. The van der Waals surface area contributed by atoms with Gasteiger partial charge in [-0.25, -0.2) is 0 Å². The van der Waals surface area contributed by atoms with Crippen molar-refractivity contribution in [3.63, 3.8) is 0 Å². The van der Waals surface area contributed by atoms with E-state index in [9.17, 15) is 9.90 Å². The molecule has 29 heavy (non-hydrogen) atoms. The Labute approximate surface area is 169 Å². The zero-order valence-electron chi connectivity index (χ0n) is 16.1. The Bertz CT molecular complexity index is 1010. The number of aliphatic hydroxyl groups is 1. The molecule has 1 saturated heterocycles. The minimum atomic E-state index is -0.433. The number of aromatic nitrogens is 2. The molecule has 5 rings (SSSR count). The molecule has 2 aliphatic heterocycles. The number of rotatable bonds is 3. The van der Waals surface area contributed by atoms with E-state index in [0.717, 1.165) is 28.9 Å². The molecule has 3 heterocycles. The topological polar surface area (TPSA) is 81.2 Å². The lowest BCUT2D eigenvalue weighted by molar-refractivity contribution is -0.134. The monoisotopic (exact) mass is 388 g/mol. The van der Waals surface area contributed by atoms with Crippen LogP contribution in [0, 0.1) is 0 Å². The van der Waals surface area contributed by atoms with Crippen LogP contribution in [0.5, 0.6) is 0 Å². The molecule has 3 N–H and O–H groups in total. The average Bonchev–Trinajstić information content (AvgIpc) is 3.40. The van der Waals surface area contributed by atoms with Crippen LogP contribution in [-0.2, 0) is 17.8 Å². The molecule has 6 nitrogen and oxygen atoms in total. The van der Waals surface area contributed by atoms with Gasteiger partial charge in [0.2, 0.25) is 5.91 Å². The SMILES string of the molecule is O=C([C@@H]1C[C@@H](O)CN1)N1CCc2[nH]nc(-c3ccc(-c4ccccc4)cc3)c2C1. The summed E-state index contributed by atoms with van der Waals surface area (Å²) in [6.45, 7) is 1.71. The second-order valence-electron chi connectivity index (χ2n) is 7.83. The third-order valence-electron chi connectivity index (χ3n) is 5.92. The van der Waals surface area contributed by atoms with Crippen molar-refractivity contribution in [1.82, 2.24) is 20.4 Å². The lowest BCUT2D eigenvalue weighted by Gasteiger charge is -2.29. The predicted molar refractivity (Wildman–Crippen MR) is 111 cm³/mol. The molecule has 3 aromatic rings. The van der Waals surface area contributed by atoms with Gasteiger partial charge in [0.15, 0.2) is 0 Å². The molecule has 2 aromatic carbocycles. The molecule has 148 valence electrons. The molecular formula is C23H24N4O2. The van der Waals surface area contributed by atoms with Gasteiger partial charge >= 0.3 is 0 Å². The highest BCUT2D eigenvalue weighted by Gasteiger charge is 2.34. The van der Waals surface area contributed by atoms with Gasteiger partial charge in [0.1, 0.15) is 0 Å². The van der Waals surface area contributed by atoms with Gasteiger partial charge < -0.3 is 15.3 Å². The number of carbonyl (C=O) groups excluding carboxylic acids is 1. The van der Waals surface area contributed by atoms with Gasteiger partial charge in [-0.1, -0.05) is 54.6 Å². The molecule has 0 unspecified atom stereocenters. The van der Waals surface area contributed by atoms with Gasteiger partial charge in [-0.15, -0.1) is 0 Å². The lowest BCUT2D eigenvalue weighted by atomic mass is 9.98. The number of hydrogen-bond donors (Lipinski definition) is 3. The molecule has 1 amide bonds. The minimum Gasteiger partial charge on any atom is -0.392 e. The third kappa shape index (κ3) is 3.45. The number of aliphatic hydroxyl groups excluding tert-OH is 1. The Morgan fingerprint density at radius 2 is 1.76 bits per heavy atom. The van der Waals surface area contributed by atoms with Crippen molar-refractivity contribution in [2.24, 2.45) is 0 Å². The highest BCUT2D eigenvalue weighted by Crippen LogP contribution is 2.30. The van der Waals surface area contributed by atoms with Crippen molar-refractivity contribution in [3.05, 3.63) is 65.9 Å². The molecule has 0 radical (unpaired) electrons. The molecule has 0 spiro atoms. The first kappa shape index (κ1) is 18.1. The zero-order valence-corrected chi connectivity index (χ0v) is 16.1. The standard InChI is InChI=1S/C23H24N4O2/c28-18-12-21(24-13-18)23(29)27-11-10-20-19(14-27)22(26-25-20)17-8-6-16(7-9-17)15-4-2-1-3-5-15/h1-9,18,21,24,28H,10-14H2,(H,25,26)/t18-,21+/m1/s1. The molecule has 0 bridgehead atoms. The normalized spacial score (nSPS) is 21.2.